The summed E-state index contributed by atoms with van der Waals surface area (Å²) in [6, 6.07) is 0. The quantitative estimate of drug-likeness (QED) is 0.548. The molecule has 42 valence electrons. The maximum Gasteiger partial charge on any atom is -0.000138 e. The van der Waals surface area contributed by atoms with Crippen molar-refractivity contribution in [3.63, 3.8) is 0 Å². The Bertz CT molecular complexity index is 61.1. The molecule has 0 unspecified atom stereocenters. The van der Waals surface area contributed by atoms with E-state index in [1.807, 2.05) is 0 Å². The van der Waals surface area contributed by atoms with Crippen LogP contribution in [0.15, 0.2) is 11.1 Å². The third-order valence-electron chi connectivity index (χ3n) is 0.582. The Kier molecular flexibility index (Phi) is 5.79. The van der Waals surface area contributed by atoms with Crippen LogP contribution in [0.5, 0.6) is 0 Å². The first-order valence-corrected chi connectivity index (χ1v) is 4.48. The molecule has 0 aliphatic carbocycles. The van der Waals surface area contributed by atoms with Crippen LogP contribution in [0.2, 0.25) is 0 Å². The zero-order valence-corrected chi connectivity index (χ0v) is 7.83. The van der Waals surface area contributed by atoms with Gasteiger partial charge in [0.15, 0.2) is 0 Å². The molecular formula is C5H8BrI. The average Bonchev–Trinajstić information content (AvgIpc) is 1.61. The predicted molar refractivity (Wildman–Crippen MR) is 46.2 cm³/mol. The van der Waals surface area contributed by atoms with Gasteiger partial charge in [-0.1, -0.05) is 45.1 Å². The Morgan fingerprint density at radius 2 is 2.29 bits per heavy atom. The van der Waals surface area contributed by atoms with Gasteiger partial charge in [-0.3, -0.25) is 0 Å². The molecule has 0 radical (unpaired) electrons. The van der Waals surface area contributed by atoms with E-state index in [0.29, 0.717) is 0 Å². The van der Waals surface area contributed by atoms with Crippen molar-refractivity contribution in [2.45, 2.75) is 12.8 Å². The van der Waals surface area contributed by atoms with Crippen LogP contribution >= 0.6 is 38.5 Å². The highest BCUT2D eigenvalue weighted by Gasteiger charge is 1.83. The summed E-state index contributed by atoms with van der Waals surface area (Å²) in [6.45, 7) is 3.71. The van der Waals surface area contributed by atoms with Gasteiger partial charge >= 0.3 is 0 Å². The SMILES string of the molecule is C=C(Br)CCCI. The molecule has 0 fully saturated rings. The average molecular weight is 275 g/mol. The highest BCUT2D eigenvalue weighted by Crippen LogP contribution is 2.09. The Morgan fingerprint density at radius 1 is 1.71 bits per heavy atom. The number of halogens is 2. The number of alkyl halides is 1. The molecule has 0 nitrogen and oxygen atoms in total. The van der Waals surface area contributed by atoms with Crippen molar-refractivity contribution in [1.82, 2.24) is 0 Å². The van der Waals surface area contributed by atoms with Crippen LogP contribution in [0.4, 0.5) is 0 Å². The molecule has 0 N–H and O–H groups in total. The number of rotatable bonds is 3. The summed E-state index contributed by atoms with van der Waals surface area (Å²) in [5.74, 6) is 0. The molecule has 0 atom stereocenters. The first-order valence-electron chi connectivity index (χ1n) is 2.16. The van der Waals surface area contributed by atoms with Crippen LogP contribution in [0, 0.1) is 0 Å². The van der Waals surface area contributed by atoms with E-state index >= 15 is 0 Å². The summed E-state index contributed by atoms with van der Waals surface area (Å²) < 4.78 is 2.34. The molecule has 2 heteroatoms. The van der Waals surface area contributed by atoms with E-state index in [9.17, 15) is 0 Å². The lowest BCUT2D eigenvalue weighted by Crippen LogP contribution is -1.71. The molecule has 0 aliphatic heterocycles. The van der Waals surface area contributed by atoms with Crippen molar-refractivity contribution in [2.75, 3.05) is 4.43 Å². The number of hydrogen-bond donors (Lipinski definition) is 0. The molecule has 0 heterocycles. The van der Waals surface area contributed by atoms with Gasteiger partial charge in [0, 0.05) is 0 Å². The summed E-state index contributed by atoms with van der Waals surface area (Å²) in [5.41, 5.74) is 0. The molecule has 0 aromatic heterocycles. The van der Waals surface area contributed by atoms with E-state index in [0.717, 1.165) is 10.9 Å². The van der Waals surface area contributed by atoms with Crippen molar-refractivity contribution in [2.24, 2.45) is 0 Å². The van der Waals surface area contributed by atoms with Crippen molar-refractivity contribution in [3.8, 4) is 0 Å². The van der Waals surface area contributed by atoms with E-state index in [4.69, 9.17) is 0 Å². The molecular weight excluding hydrogens is 267 g/mol. The number of hydrogen-bond acceptors (Lipinski definition) is 0. The minimum atomic E-state index is 1.11. The maximum absolute atomic E-state index is 3.71. The number of allylic oxidation sites excluding steroid dienone is 1. The minimum absolute atomic E-state index is 1.11. The molecule has 0 aromatic carbocycles. The Labute approximate surface area is 66.6 Å². The molecule has 0 aromatic rings. The summed E-state index contributed by atoms with van der Waals surface area (Å²) in [7, 11) is 0. The van der Waals surface area contributed by atoms with Gasteiger partial charge in [-0.2, -0.15) is 0 Å². The van der Waals surface area contributed by atoms with Crippen molar-refractivity contribution in [1.29, 1.82) is 0 Å². The smallest absolute Gasteiger partial charge is 0.000138 e. The maximum atomic E-state index is 3.71. The second kappa shape index (κ2) is 5.09. The molecule has 0 amide bonds. The van der Waals surface area contributed by atoms with Gasteiger partial charge in [0.25, 0.3) is 0 Å². The standard InChI is InChI=1S/C5H8BrI/c1-5(6)3-2-4-7/h1-4H2. The fourth-order valence-electron chi connectivity index (χ4n) is 0.259. The second-order valence-electron chi connectivity index (χ2n) is 1.31. The van der Waals surface area contributed by atoms with Crippen molar-refractivity contribution in [3.05, 3.63) is 11.1 Å². The summed E-state index contributed by atoms with van der Waals surface area (Å²) in [5, 5.41) is 0. The monoisotopic (exact) mass is 274 g/mol. The predicted octanol–water partition coefficient (Wildman–Crippen LogP) is 3.11. The molecule has 0 aliphatic rings. The summed E-state index contributed by atoms with van der Waals surface area (Å²) in [4.78, 5) is 0. The van der Waals surface area contributed by atoms with Crippen LogP contribution in [0.3, 0.4) is 0 Å². The Hall–Kier alpha value is 0.950. The first kappa shape index (κ1) is 7.95. The van der Waals surface area contributed by atoms with Gasteiger partial charge < -0.3 is 0 Å². The van der Waals surface area contributed by atoms with Crippen LogP contribution in [0.25, 0.3) is 0 Å². The van der Waals surface area contributed by atoms with Crippen LogP contribution in [-0.2, 0) is 0 Å². The lowest BCUT2D eigenvalue weighted by atomic mass is 10.3. The fourth-order valence-corrected chi connectivity index (χ4v) is 0.920. The van der Waals surface area contributed by atoms with Gasteiger partial charge in [-0.25, -0.2) is 0 Å². The second-order valence-corrected chi connectivity index (χ2v) is 3.51. The van der Waals surface area contributed by atoms with Gasteiger partial charge in [0.05, 0.1) is 0 Å². The largest absolute Gasteiger partial charge is 0.0889 e. The van der Waals surface area contributed by atoms with Crippen LogP contribution < -0.4 is 0 Å². The Balaban J connectivity index is 2.82. The van der Waals surface area contributed by atoms with Gasteiger partial charge in [-0.15, -0.1) is 0 Å². The van der Waals surface area contributed by atoms with Gasteiger partial charge in [-0.05, 0) is 21.8 Å². The Morgan fingerprint density at radius 3 is 2.43 bits per heavy atom. The van der Waals surface area contributed by atoms with E-state index in [1.165, 1.54) is 10.8 Å². The normalized spacial score (nSPS) is 8.86. The van der Waals surface area contributed by atoms with Crippen molar-refractivity contribution >= 4 is 38.5 Å². The highest BCUT2D eigenvalue weighted by molar-refractivity contribution is 14.1. The molecule has 0 saturated heterocycles. The fraction of sp³-hybridized carbons (Fsp3) is 0.600. The van der Waals surface area contributed by atoms with E-state index in [2.05, 4.69) is 45.1 Å². The zero-order valence-electron chi connectivity index (χ0n) is 4.08. The minimum Gasteiger partial charge on any atom is -0.0889 e. The van der Waals surface area contributed by atoms with Crippen LogP contribution in [0.1, 0.15) is 12.8 Å². The topological polar surface area (TPSA) is 0 Å². The molecule has 7 heavy (non-hydrogen) atoms. The molecule has 0 saturated carbocycles. The first-order chi connectivity index (χ1) is 3.27. The molecule has 0 bridgehead atoms. The van der Waals surface area contributed by atoms with E-state index < -0.39 is 0 Å². The zero-order chi connectivity index (χ0) is 5.70. The highest BCUT2D eigenvalue weighted by atomic mass is 127. The lowest BCUT2D eigenvalue weighted by molar-refractivity contribution is 0.980. The summed E-state index contributed by atoms with van der Waals surface area (Å²) in [6.07, 6.45) is 2.35. The van der Waals surface area contributed by atoms with Crippen molar-refractivity contribution < 1.29 is 0 Å². The van der Waals surface area contributed by atoms with E-state index in [1.54, 1.807) is 0 Å². The third kappa shape index (κ3) is 6.95. The molecule has 0 spiro atoms. The van der Waals surface area contributed by atoms with Gasteiger partial charge in [0.2, 0.25) is 0 Å². The summed E-state index contributed by atoms with van der Waals surface area (Å²) >= 11 is 5.64. The molecule has 0 rings (SSSR count). The van der Waals surface area contributed by atoms with Crippen LogP contribution in [-0.4, -0.2) is 4.43 Å². The van der Waals surface area contributed by atoms with Gasteiger partial charge in [0.1, 0.15) is 0 Å². The lowest BCUT2D eigenvalue weighted by Gasteiger charge is -1.89. The third-order valence-corrected chi connectivity index (χ3v) is 1.74. The van der Waals surface area contributed by atoms with E-state index in [-0.39, 0.29) is 0 Å².